The smallest absolute Gasteiger partial charge is 0.278 e. The van der Waals surface area contributed by atoms with Gasteiger partial charge in [-0.15, -0.1) is 0 Å². The number of nitrogens with zero attached hydrogens (tertiary/aromatic N) is 2. The summed E-state index contributed by atoms with van der Waals surface area (Å²) in [6, 6.07) is 17.9. The van der Waals surface area contributed by atoms with Gasteiger partial charge in [0, 0.05) is 24.8 Å². The van der Waals surface area contributed by atoms with E-state index in [1.165, 1.54) is 11.6 Å². The summed E-state index contributed by atoms with van der Waals surface area (Å²) >= 11 is 0. The van der Waals surface area contributed by atoms with Crippen LogP contribution in [-0.4, -0.2) is 49.1 Å². The van der Waals surface area contributed by atoms with Crippen LogP contribution in [0.1, 0.15) is 29.4 Å². The highest BCUT2D eigenvalue weighted by atomic mass is 32.2. The highest BCUT2D eigenvalue weighted by Gasteiger charge is 2.24. The summed E-state index contributed by atoms with van der Waals surface area (Å²) in [7, 11) is -3.92. The van der Waals surface area contributed by atoms with E-state index in [9.17, 15) is 13.2 Å². The van der Waals surface area contributed by atoms with Crippen LogP contribution in [0.3, 0.4) is 0 Å². The highest BCUT2D eigenvalue weighted by molar-refractivity contribution is 7.92. The summed E-state index contributed by atoms with van der Waals surface area (Å²) in [5.41, 5.74) is 2.78. The Balaban J connectivity index is 1.42. The zero-order valence-electron chi connectivity index (χ0n) is 17.6. The van der Waals surface area contributed by atoms with Crippen LogP contribution in [0.2, 0.25) is 0 Å². The number of carbonyl (C=O) groups excluding carboxylic acids is 1. The third kappa shape index (κ3) is 4.83. The van der Waals surface area contributed by atoms with Crippen LogP contribution in [0.5, 0.6) is 5.75 Å². The first kappa shape index (κ1) is 21.6. The lowest BCUT2D eigenvalue weighted by Gasteiger charge is -2.26. The van der Waals surface area contributed by atoms with Crippen LogP contribution in [0, 0.1) is 0 Å². The number of nitrogens with one attached hydrogen (secondary N) is 2. The average Bonchev–Trinajstić information content (AvgIpc) is 3.32. The van der Waals surface area contributed by atoms with Gasteiger partial charge in [-0.3, -0.25) is 14.6 Å². The standard InChI is InChI=1S/C23H24N4O4S/c1-2-31-20-10-8-19(9-11-20)26-32(29,30)22-16-21(24-25-22)23(28)27-14-12-18(13-15-27)17-6-4-3-5-7-17/h3-12,16,26H,2,13-15H2,1H3,(H,24,25). The Bertz CT molecular complexity index is 1220. The molecule has 0 atom stereocenters. The number of anilines is 1. The fourth-order valence-corrected chi connectivity index (χ4v) is 4.47. The van der Waals surface area contributed by atoms with Crippen LogP contribution < -0.4 is 9.46 Å². The van der Waals surface area contributed by atoms with Gasteiger partial charge in [-0.05, 0) is 48.7 Å². The van der Waals surface area contributed by atoms with Gasteiger partial charge in [0.15, 0.2) is 10.7 Å². The minimum Gasteiger partial charge on any atom is -0.494 e. The molecule has 1 aromatic heterocycles. The van der Waals surface area contributed by atoms with Gasteiger partial charge in [-0.2, -0.15) is 13.5 Å². The van der Waals surface area contributed by atoms with Gasteiger partial charge in [0.05, 0.1) is 6.61 Å². The van der Waals surface area contributed by atoms with Gasteiger partial charge >= 0.3 is 0 Å². The van der Waals surface area contributed by atoms with Gasteiger partial charge in [-0.25, -0.2) is 0 Å². The SMILES string of the molecule is CCOc1ccc(NS(=O)(=O)c2cc(C(=O)N3CC=C(c4ccccc4)CC3)n[nH]2)cc1. The summed E-state index contributed by atoms with van der Waals surface area (Å²) in [5, 5.41) is 6.23. The van der Waals surface area contributed by atoms with Crippen molar-refractivity contribution < 1.29 is 17.9 Å². The lowest BCUT2D eigenvalue weighted by molar-refractivity contribution is 0.0767. The molecule has 0 radical (unpaired) electrons. The fraction of sp³-hybridized carbons (Fsp3) is 0.217. The molecule has 2 aromatic carbocycles. The zero-order valence-corrected chi connectivity index (χ0v) is 18.4. The quantitative estimate of drug-likeness (QED) is 0.571. The summed E-state index contributed by atoms with van der Waals surface area (Å²) in [4.78, 5) is 14.5. The number of sulfonamides is 1. The molecule has 1 aliphatic heterocycles. The number of benzene rings is 2. The average molecular weight is 453 g/mol. The highest BCUT2D eigenvalue weighted by Crippen LogP contribution is 2.23. The Morgan fingerprint density at radius 3 is 2.56 bits per heavy atom. The molecule has 4 rings (SSSR count). The predicted molar refractivity (Wildman–Crippen MR) is 122 cm³/mol. The number of hydrogen-bond acceptors (Lipinski definition) is 5. The zero-order chi connectivity index (χ0) is 22.6. The lowest BCUT2D eigenvalue weighted by Crippen LogP contribution is -2.34. The first-order valence-corrected chi connectivity index (χ1v) is 11.8. The second-order valence-electron chi connectivity index (χ2n) is 7.28. The molecule has 2 heterocycles. The van der Waals surface area contributed by atoms with E-state index >= 15 is 0 Å². The van der Waals surface area contributed by atoms with E-state index in [2.05, 4.69) is 14.9 Å². The third-order valence-electron chi connectivity index (χ3n) is 5.12. The number of amides is 1. The van der Waals surface area contributed by atoms with Crippen molar-refractivity contribution in [1.29, 1.82) is 0 Å². The molecule has 1 aliphatic rings. The molecule has 0 unspecified atom stereocenters. The number of aromatic nitrogens is 2. The molecule has 0 saturated carbocycles. The van der Waals surface area contributed by atoms with Crippen LogP contribution in [-0.2, 0) is 10.0 Å². The van der Waals surface area contributed by atoms with E-state index in [1.54, 1.807) is 29.2 Å². The van der Waals surface area contributed by atoms with Crippen LogP contribution in [0.4, 0.5) is 5.69 Å². The van der Waals surface area contributed by atoms with E-state index in [0.717, 1.165) is 12.0 Å². The number of hydrogen-bond donors (Lipinski definition) is 2. The molecule has 8 nitrogen and oxygen atoms in total. The van der Waals surface area contributed by atoms with Crippen LogP contribution >= 0.6 is 0 Å². The van der Waals surface area contributed by atoms with Crippen LogP contribution in [0.15, 0.2) is 71.8 Å². The molecule has 2 N–H and O–H groups in total. The van der Waals surface area contributed by atoms with Crippen molar-refractivity contribution >= 4 is 27.2 Å². The summed E-state index contributed by atoms with van der Waals surface area (Å²) in [6.45, 7) is 3.38. The summed E-state index contributed by atoms with van der Waals surface area (Å²) in [6.07, 6.45) is 2.75. The molecular weight excluding hydrogens is 428 g/mol. The van der Waals surface area contributed by atoms with E-state index in [0.29, 0.717) is 31.1 Å². The largest absolute Gasteiger partial charge is 0.494 e. The van der Waals surface area contributed by atoms with E-state index in [-0.39, 0.29) is 16.6 Å². The minimum atomic E-state index is -3.92. The Morgan fingerprint density at radius 2 is 1.91 bits per heavy atom. The number of H-pyrrole nitrogens is 1. The molecule has 9 heteroatoms. The molecule has 32 heavy (non-hydrogen) atoms. The van der Waals surface area contributed by atoms with Crippen LogP contribution in [0.25, 0.3) is 5.57 Å². The second kappa shape index (κ2) is 9.27. The monoisotopic (exact) mass is 452 g/mol. The normalized spacial score (nSPS) is 14.0. The first-order valence-electron chi connectivity index (χ1n) is 10.3. The van der Waals surface area contributed by atoms with E-state index < -0.39 is 10.0 Å². The predicted octanol–water partition coefficient (Wildman–Crippen LogP) is 3.54. The topological polar surface area (TPSA) is 104 Å². The minimum absolute atomic E-state index is 0.0635. The molecule has 0 bridgehead atoms. The molecule has 0 saturated heterocycles. The van der Waals surface area contributed by atoms with E-state index in [4.69, 9.17) is 4.74 Å². The Kier molecular flexibility index (Phi) is 6.27. The molecular formula is C23H24N4O4S. The van der Waals surface area contributed by atoms with Gasteiger partial charge < -0.3 is 9.64 Å². The van der Waals surface area contributed by atoms with Gasteiger partial charge in [0.25, 0.3) is 15.9 Å². The number of rotatable bonds is 7. The van der Waals surface area contributed by atoms with Crippen molar-refractivity contribution in [2.75, 3.05) is 24.4 Å². The summed E-state index contributed by atoms with van der Waals surface area (Å²) < 4.78 is 33.2. The number of aromatic amines is 1. The number of ether oxygens (including phenoxy) is 1. The molecule has 0 spiro atoms. The van der Waals surface area contributed by atoms with Gasteiger partial charge in [0.1, 0.15) is 5.75 Å². The van der Waals surface area contributed by atoms with Crippen molar-refractivity contribution in [1.82, 2.24) is 15.1 Å². The van der Waals surface area contributed by atoms with E-state index in [1.807, 2.05) is 43.3 Å². The third-order valence-corrected chi connectivity index (χ3v) is 6.41. The maximum Gasteiger partial charge on any atom is 0.278 e. The maximum atomic E-state index is 12.8. The Hall–Kier alpha value is -3.59. The van der Waals surface area contributed by atoms with Crippen molar-refractivity contribution in [3.63, 3.8) is 0 Å². The molecule has 0 fully saturated rings. The lowest BCUT2D eigenvalue weighted by atomic mass is 9.99. The first-order chi connectivity index (χ1) is 15.5. The Labute approximate surface area is 187 Å². The van der Waals surface area contributed by atoms with Gasteiger partial charge in [0.2, 0.25) is 0 Å². The van der Waals surface area contributed by atoms with Crippen molar-refractivity contribution in [3.05, 3.63) is 78.0 Å². The summed E-state index contributed by atoms with van der Waals surface area (Å²) in [5.74, 6) is 0.336. The molecule has 166 valence electrons. The second-order valence-corrected chi connectivity index (χ2v) is 8.93. The number of carbonyl (C=O) groups is 1. The van der Waals surface area contributed by atoms with Crippen molar-refractivity contribution in [3.8, 4) is 5.75 Å². The molecule has 1 amide bonds. The molecule has 3 aromatic rings. The Morgan fingerprint density at radius 1 is 1.16 bits per heavy atom. The van der Waals surface area contributed by atoms with Crippen molar-refractivity contribution in [2.45, 2.75) is 18.4 Å². The maximum absolute atomic E-state index is 12.8. The fourth-order valence-electron chi connectivity index (χ4n) is 3.48. The van der Waals surface area contributed by atoms with Gasteiger partial charge in [-0.1, -0.05) is 36.4 Å². The van der Waals surface area contributed by atoms with Crippen molar-refractivity contribution in [2.24, 2.45) is 0 Å². The molecule has 0 aliphatic carbocycles.